The van der Waals surface area contributed by atoms with Crippen molar-refractivity contribution in [2.45, 2.75) is 6.18 Å². The topological polar surface area (TPSA) is 52.6 Å². The molecule has 1 heterocycles. The second-order valence-electron chi connectivity index (χ2n) is 6.67. The molecule has 0 saturated carbocycles. The molecule has 0 fully saturated rings. The second-order valence-corrected chi connectivity index (χ2v) is 8.64. The van der Waals surface area contributed by atoms with Crippen molar-refractivity contribution in [3.8, 4) is 4.90 Å². The van der Waals surface area contributed by atoms with Gasteiger partial charge in [0.15, 0.2) is 27.5 Å². The van der Waals surface area contributed by atoms with Crippen LogP contribution < -0.4 is 0 Å². The van der Waals surface area contributed by atoms with E-state index in [1.165, 1.54) is 20.2 Å². The largest absolute Gasteiger partial charge is 0.454 e. The van der Waals surface area contributed by atoms with Crippen molar-refractivity contribution in [3.63, 3.8) is 0 Å². The molecule has 31 heavy (non-hydrogen) atoms. The number of halogens is 3. The number of rotatable bonds is 5. The summed E-state index contributed by atoms with van der Waals surface area (Å²) in [6.07, 6.45) is -4.63. The van der Waals surface area contributed by atoms with Gasteiger partial charge in [-0.05, 0) is 48.5 Å². The number of esters is 2. The number of benzene rings is 3. The van der Waals surface area contributed by atoms with E-state index in [-0.39, 0.29) is 16.0 Å². The van der Waals surface area contributed by atoms with Crippen molar-refractivity contribution >= 4 is 42.6 Å². The van der Waals surface area contributed by atoms with Crippen molar-refractivity contribution < 1.29 is 32.2 Å². The predicted molar refractivity (Wildman–Crippen MR) is 113 cm³/mol. The van der Waals surface area contributed by atoms with Crippen LogP contribution in [0.1, 0.15) is 10.4 Å². The molecule has 0 radical (unpaired) electrons. The van der Waals surface area contributed by atoms with E-state index in [9.17, 15) is 22.8 Å². The fourth-order valence-corrected chi connectivity index (χ4v) is 5.62. The first-order valence-corrected chi connectivity index (χ1v) is 10.5. The summed E-state index contributed by atoms with van der Waals surface area (Å²) >= 11 is 0. The second kappa shape index (κ2) is 8.39. The van der Waals surface area contributed by atoms with Crippen LogP contribution in [0.25, 0.3) is 25.1 Å². The molecule has 0 saturated heterocycles. The summed E-state index contributed by atoms with van der Waals surface area (Å²) in [7, 11) is -0.317. The maximum Gasteiger partial charge on any atom is 0.422 e. The first-order chi connectivity index (χ1) is 14.8. The van der Waals surface area contributed by atoms with E-state index in [2.05, 4.69) is 29.0 Å². The zero-order chi connectivity index (χ0) is 22.0. The summed E-state index contributed by atoms with van der Waals surface area (Å²) in [6.45, 7) is -2.61. The number of fused-ring (bicyclic) bond motifs is 3. The minimum Gasteiger partial charge on any atom is -0.454 e. The molecule has 0 atom stereocenters. The summed E-state index contributed by atoms with van der Waals surface area (Å²) in [5.41, 5.74) is 0.191. The molecule has 4 nitrogen and oxygen atoms in total. The molecule has 3 aromatic carbocycles. The molecule has 4 aromatic rings. The number of ether oxygens (including phenoxy) is 2. The Kier molecular flexibility index (Phi) is 5.65. The lowest BCUT2D eigenvalue weighted by Crippen LogP contribution is -2.23. The highest BCUT2D eigenvalue weighted by Gasteiger charge is 2.30. The lowest BCUT2D eigenvalue weighted by atomic mass is 10.2. The number of carbonyl (C=O) groups excluding carboxylic acids is 2. The Bertz CT molecular complexity index is 1210. The maximum absolute atomic E-state index is 12.1. The van der Waals surface area contributed by atoms with Crippen LogP contribution in [-0.4, -0.2) is 31.3 Å². The van der Waals surface area contributed by atoms with Crippen molar-refractivity contribution in [2.75, 3.05) is 13.2 Å². The Morgan fingerprint density at radius 1 is 0.774 bits per heavy atom. The number of hydrogen-bond acceptors (Lipinski definition) is 4. The molecular weight excluding hydrogens is 429 g/mol. The molecule has 4 rings (SSSR count). The highest BCUT2D eigenvalue weighted by Crippen LogP contribution is 2.48. The van der Waals surface area contributed by atoms with Crippen LogP contribution in [0.5, 0.6) is 0 Å². The summed E-state index contributed by atoms with van der Waals surface area (Å²) in [6, 6.07) is 23.1. The van der Waals surface area contributed by atoms with E-state index >= 15 is 0 Å². The van der Waals surface area contributed by atoms with Crippen LogP contribution in [0, 0.1) is 0 Å². The standard InChI is InChI=1S/C23H16F3O4S/c24-23(25,26)14-30-21(27)13-29-22(28)15-9-11-16(12-10-15)31-19-7-3-1-5-17(19)18-6-2-4-8-20(18)31/h1-12H,13-14H2/q+1. The molecule has 158 valence electrons. The molecule has 0 aliphatic rings. The van der Waals surface area contributed by atoms with Gasteiger partial charge in [0.25, 0.3) is 0 Å². The number of alkyl halides is 3. The average molecular weight is 445 g/mol. The minimum atomic E-state index is -4.63. The quantitative estimate of drug-likeness (QED) is 0.280. The molecule has 8 heteroatoms. The van der Waals surface area contributed by atoms with Gasteiger partial charge in [0.2, 0.25) is 0 Å². The fraction of sp³-hybridized carbons (Fsp3) is 0.130. The van der Waals surface area contributed by atoms with Crippen LogP contribution in [0.4, 0.5) is 13.2 Å². The number of thiophene rings is 1. The Morgan fingerprint density at radius 2 is 1.32 bits per heavy atom. The summed E-state index contributed by atoms with van der Waals surface area (Å²) < 4.78 is 47.3. The molecule has 0 aliphatic heterocycles. The van der Waals surface area contributed by atoms with E-state index in [0.717, 1.165) is 4.90 Å². The Morgan fingerprint density at radius 3 is 1.87 bits per heavy atom. The molecule has 1 aromatic heterocycles. The van der Waals surface area contributed by atoms with Crippen molar-refractivity contribution in [1.82, 2.24) is 0 Å². The molecule has 0 aliphatic carbocycles. The van der Waals surface area contributed by atoms with Crippen molar-refractivity contribution in [2.24, 2.45) is 0 Å². The average Bonchev–Trinajstić information content (AvgIpc) is 3.10. The van der Waals surface area contributed by atoms with E-state index < -0.39 is 31.3 Å². The Balaban J connectivity index is 1.52. The highest BCUT2D eigenvalue weighted by atomic mass is 32.2. The summed E-state index contributed by atoms with van der Waals surface area (Å²) in [5, 5.41) is 2.37. The van der Waals surface area contributed by atoms with Crippen molar-refractivity contribution in [3.05, 3.63) is 78.4 Å². The van der Waals surface area contributed by atoms with Crippen LogP contribution in [0.2, 0.25) is 0 Å². The third-order valence-electron chi connectivity index (χ3n) is 4.55. The van der Waals surface area contributed by atoms with Crippen LogP contribution in [0.15, 0.2) is 72.8 Å². The third-order valence-corrected chi connectivity index (χ3v) is 6.88. The lowest BCUT2D eigenvalue weighted by Gasteiger charge is -2.08. The molecule has 0 bridgehead atoms. The van der Waals surface area contributed by atoms with Gasteiger partial charge in [-0.25, -0.2) is 9.59 Å². The van der Waals surface area contributed by atoms with Crippen molar-refractivity contribution in [1.29, 1.82) is 0 Å². The molecule has 0 amide bonds. The maximum atomic E-state index is 12.1. The molecule has 0 spiro atoms. The van der Waals surface area contributed by atoms with E-state index in [1.54, 1.807) is 12.1 Å². The summed E-state index contributed by atoms with van der Waals surface area (Å²) in [4.78, 5) is 24.4. The van der Waals surface area contributed by atoms with Gasteiger partial charge in [0.1, 0.15) is 0 Å². The Hall–Kier alpha value is -3.39. The minimum absolute atomic E-state index is 0.191. The third kappa shape index (κ3) is 4.54. The van der Waals surface area contributed by atoms with Gasteiger partial charge < -0.3 is 9.47 Å². The monoisotopic (exact) mass is 445 g/mol. The first-order valence-electron chi connectivity index (χ1n) is 9.26. The zero-order valence-corrected chi connectivity index (χ0v) is 16.8. The fourth-order valence-electron chi connectivity index (χ4n) is 3.25. The highest BCUT2D eigenvalue weighted by molar-refractivity contribution is 7.50. The number of carbonyl (C=O) groups is 2. The first kappa shape index (κ1) is 20.9. The van der Waals surface area contributed by atoms with Crippen LogP contribution >= 0.6 is 10.5 Å². The van der Waals surface area contributed by atoms with Gasteiger partial charge in [-0.3, -0.25) is 0 Å². The van der Waals surface area contributed by atoms with Gasteiger partial charge >= 0.3 is 18.1 Å². The van der Waals surface area contributed by atoms with Crippen LogP contribution in [-0.2, 0) is 14.3 Å². The molecular formula is C23H16F3O4S+. The van der Waals surface area contributed by atoms with E-state index in [1.807, 2.05) is 36.4 Å². The lowest BCUT2D eigenvalue weighted by molar-refractivity contribution is -0.188. The zero-order valence-electron chi connectivity index (χ0n) is 16.0. The molecule has 0 unspecified atom stereocenters. The van der Waals surface area contributed by atoms with Gasteiger partial charge in [0, 0.05) is 21.2 Å². The SMILES string of the molecule is O=C(COC(=O)c1ccc(-[s+]2c3ccccc3c3ccccc32)cc1)OCC(F)(F)F. The van der Waals surface area contributed by atoms with E-state index in [0.29, 0.717) is 0 Å². The molecule has 0 N–H and O–H groups in total. The normalized spacial score (nSPS) is 11.6. The summed E-state index contributed by atoms with van der Waals surface area (Å²) in [5.74, 6) is -2.07. The van der Waals surface area contributed by atoms with Gasteiger partial charge in [0.05, 0.1) is 5.56 Å². The van der Waals surface area contributed by atoms with Gasteiger partial charge in [-0.1, -0.05) is 24.3 Å². The van der Waals surface area contributed by atoms with E-state index in [4.69, 9.17) is 4.74 Å². The predicted octanol–water partition coefficient (Wildman–Crippen LogP) is 5.99. The van der Waals surface area contributed by atoms with Gasteiger partial charge in [-0.2, -0.15) is 13.2 Å². The smallest absolute Gasteiger partial charge is 0.422 e. The Labute approximate surface area is 177 Å². The number of hydrogen-bond donors (Lipinski definition) is 0. The van der Waals surface area contributed by atoms with Gasteiger partial charge in [-0.15, -0.1) is 0 Å². The van der Waals surface area contributed by atoms with Crippen LogP contribution in [0.3, 0.4) is 0 Å².